The number of hydrogen-bond donors (Lipinski definition) is 1. The monoisotopic (exact) mass is 217 g/mol. The summed E-state index contributed by atoms with van der Waals surface area (Å²) in [6.45, 7) is 1.49. The zero-order chi connectivity index (χ0) is 11.5. The van der Waals surface area contributed by atoms with Crippen LogP contribution in [-0.2, 0) is 4.79 Å². The zero-order valence-corrected chi connectivity index (χ0v) is 8.75. The number of aromatic nitrogens is 1. The van der Waals surface area contributed by atoms with E-state index < -0.39 is 12.1 Å². The molecule has 1 heterocycles. The number of nitrogens with zero attached hydrogens (tertiary/aromatic N) is 1. The van der Waals surface area contributed by atoms with Gasteiger partial charge in [-0.1, -0.05) is 6.07 Å². The van der Waals surface area contributed by atoms with Gasteiger partial charge in [-0.2, -0.15) is 0 Å². The molecule has 0 amide bonds. The fraction of sp³-hybridized carbons (Fsp3) is 0.167. The average molecular weight is 217 g/mol. The molecule has 82 valence electrons. The summed E-state index contributed by atoms with van der Waals surface area (Å²) >= 11 is 0. The number of pyridine rings is 1. The molecule has 0 aliphatic rings. The van der Waals surface area contributed by atoms with Gasteiger partial charge in [-0.15, -0.1) is 0 Å². The van der Waals surface area contributed by atoms with Crippen molar-refractivity contribution < 1.29 is 14.6 Å². The van der Waals surface area contributed by atoms with E-state index in [1.54, 1.807) is 18.3 Å². The Morgan fingerprint density at radius 3 is 3.00 bits per heavy atom. The van der Waals surface area contributed by atoms with Gasteiger partial charge < -0.3 is 9.84 Å². The summed E-state index contributed by atoms with van der Waals surface area (Å²) in [4.78, 5) is 14.8. The highest BCUT2D eigenvalue weighted by atomic mass is 16.5. The molecule has 0 bridgehead atoms. The number of rotatable bonds is 3. The van der Waals surface area contributed by atoms with Gasteiger partial charge in [-0.25, -0.2) is 4.79 Å². The normalized spacial score (nSPS) is 12.3. The minimum Gasteiger partial charge on any atom is -0.479 e. The van der Waals surface area contributed by atoms with Crippen LogP contribution in [0, 0.1) is 0 Å². The number of hydrogen-bond acceptors (Lipinski definition) is 3. The summed E-state index contributed by atoms with van der Waals surface area (Å²) in [5.74, 6) is -0.470. The van der Waals surface area contributed by atoms with Crippen molar-refractivity contribution in [2.24, 2.45) is 0 Å². The second-order valence-corrected chi connectivity index (χ2v) is 3.46. The third-order valence-corrected chi connectivity index (χ3v) is 2.24. The van der Waals surface area contributed by atoms with Crippen LogP contribution in [0.25, 0.3) is 10.9 Å². The first kappa shape index (κ1) is 10.4. The molecule has 2 aromatic rings. The topological polar surface area (TPSA) is 59.4 Å². The summed E-state index contributed by atoms with van der Waals surface area (Å²) in [7, 11) is 0. The molecular weight excluding hydrogens is 206 g/mol. The van der Waals surface area contributed by atoms with Crippen LogP contribution in [0.2, 0.25) is 0 Å². The van der Waals surface area contributed by atoms with Crippen LogP contribution in [0.1, 0.15) is 6.92 Å². The lowest BCUT2D eigenvalue weighted by Crippen LogP contribution is -2.22. The molecule has 0 saturated heterocycles. The fourth-order valence-electron chi connectivity index (χ4n) is 1.37. The Morgan fingerprint density at radius 1 is 1.44 bits per heavy atom. The van der Waals surface area contributed by atoms with Crippen molar-refractivity contribution in [3.05, 3.63) is 36.5 Å². The van der Waals surface area contributed by atoms with Gasteiger partial charge in [0, 0.05) is 17.6 Å². The summed E-state index contributed by atoms with van der Waals surface area (Å²) in [5.41, 5.74) is 0.789. The summed E-state index contributed by atoms with van der Waals surface area (Å²) in [6, 6.07) is 9.11. The highest BCUT2D eigenvalue weighted by Gasteiger charge is 2.12. The van der Waals surface area contributed by atoms with Gasteiger partial charge in [0.15, 0.2) is 6.10 Å². The van der Waals surface area contributed by atoms with Gasteiger partial charge in [-0.3, -0.25) is 4.98 Å². The third-order valence-electron chi connectivity index (χ3n) is 2.24. The highest BCUT2D eigenvalue weighted by Crippen LogP contribution is 2.19. The molecule has 0 aliphatic carbocycles. The second kappa shape index (κ2) is 4.18. The van der Waals surface area contributed by atoms with Gasteiger partial charge in [0.2, 0.25) is 0 Å². The Balaban J connectivity index is 2.29. The van der Waals surface area contributed by atoms with Crippen molar-refractivity contribution in [3.63, 3.8) is 0 Å². The van der Waals surface area contributed by atoms with Crippen LogP contribution >= 0.6 is 0 Å². The number of carboxylic acids is 1. The molecule has 0 spiro atoms. The maximum absolute atomic E-state index is 10.6. The number of benzene rings is 1. The fourth-order valence-corrected chi connectivity index (χ4v) is 1.37. The molecule has 0 fully saturated rings. The Morgan fingerprint density at radius 2 is 2.25 bits per heavy atom. The number of fused-ring (bicyclic) bond motifs is 1. The molecule has 0 aliphatic heterocycles. The van der Waals surface area contributed by atoms with E-state index in [-0.39, 0.29) is 0 Å². The summed E-state index contributed by atoms with van der Waals surface area (Å²) in [6.07, 6.45) is 0.827. The van der Waals surface area contributed by atoms with Gasteiger partial charge in [-0.05, 0) is 25.1 Å². The van der Waals surface area contributed by atoms with Crippen molar-refractivity contribution >= 4 is 16.9 Å². The molecule has 1 N–H and O–H groups in total. The van der Waals surface area contributed by atoms with Crippen molar-refractivity contribution in [2.45, 2.75) is 13.0 Å². The van der Waals surface area contributed by atoms with Crippen LogP contribution in [0.5, 0.6) is 5.75 Å². The van der Waals surface area contributed by atoms with Crippen molar-refractivity contribution in [1.29, 1.82) is 0 Å². The maximum atomic E-state index is 10.6. The van der Waals surface area contributed by atoms with Crippen molar-refractivity contribution in [1.82, 2.24) is 4.98 Å². The molecule has 1 unspecified atom stereocenters. The van der Waals surface area contributed by atoms with E-state index in [1.165, 1.54) is 6.92 Å². The molecule has 1 aromatic heterocycles. The average Bonchev–Trinajstić information content (AvgIpc) is 2.28. The molecule has 4 heteroatoms. The first-order valence-corrected chi connectivity index (χ1v) is 4.91. The number of carbonyl (C=O) groups is 1. The molecular formula is C12H11NO3. The first-order valence-electron chi connectivity index (χ1n) is 4.91. The Hall–Kier alpha value is -2.10. The van der Waals surface area contributed by atoms with Crippen LogP contribution in [0.4, 0.5) is 0 Å². The van der Waals surface area contributed by atoms with E-state index in [9.17, 15) is 4.79 Å². The van der Waals surface area contributed by atoms with Gasteiger partial charge in [0.25, 0.3) is 0 Å². The largest absolute Gasteiger partial charge is 0.479 e. The Bertz CT molecular complexity index is 524. The van der Waals surface area contributed by atoms with Gasteiger partial charge >= 0.3 is 5.97 Å². The second-order valence-electron chi connectivity index (χ2n) is 3.46. The predicted octanol–water partition coefficient (Wildman–Crippen LogP) is 2.09. The standard InChI is InChI=1S/C12H11NO3/c1-8(12(14)15)16-10-5-4-9-3-2-6-13-11(9)7-10/h2-8H,1H3,(H,14,15). The van der Waals surface area contributed by atoms with Crippen LogP contribution in [0.15, 0.2) is 36.5 Å². The minimum atomic E-state index is -0.985. The molecule has 0 radical (unpaired) electrons. The van der Waals surface area contributed by atoms with Crippen molar-refractivity contribution in [2.75, 3.05) is 0 Å². The van der Waals surface area contributed by atoms with Gasteiger partial charge in [0.1, 0.15) is 5.75 Å². The smallest absolute Gasteiger partial charge is 0.344 e. The molecule has 4 nitrogen and oxygen atoms in total. The molecule has 0 saturated carbocycles. The number of carboxylic acid groups (broad SMARTS) is 1. The lowest BCUT2D eigenvalue weighted by molar-refractivity contribution is -0.144. The first-order chi connectivity index (χ1) is 7.66. The minimum absolute atomic E-state index is 0.515. The Labute approximate surface area is 92.5 Å². The number of ether oxygens (including phenoxy) is 1. The lowest BCUT2D eigenvalue weighted by Gasteiger charge is -2.10. The van der Waals surface area contributed by atoms with E-state index in [4.69, 9.17) is 9.84 Å². The Kier molecular flexibility index (Phi) is 2.72. The van der Waals surface area contributed by atoms with E-state index in [2.05, 4.69) is 4.98 Å². The molecule has 1 aromatic carbocycles. The van der Waals surface area contributed by atoms with E-state index in [0.717, 1.165) is 10.9 Å². The number of aliphatic carboxylic acids is 1. The SMILES string of the molecule is CC(Oc1ccc2cccnc2c1)C(=O)O. The summed E-state index contributed by atoms with van der Waals surface area (Å²) < 4.78 is 5.24. The van der Waals surface area contributed by atoms with Crippen LogP contribution in [0.3, 0.4) is 0 Å². The lowest BCUT2D eigenvalue weighted by atomic mass is 10.2. The van der Waals surface area contributed by atoms with E-state index in [0.29, 0.717) is 5.75 Å². The van der Waals surface area contributed by atoms with Crippen LogP contribution < -0.4 is 4.74 Å². The molecule has 1 atom stereocenters. The van der Waals surface area contributed by atoms with Crippen LogP contribution in [-0.4, -0.2) is 22.2 Å². The maximum Gasteiger partial charge on any atom is 0.344 e. The van der Waals surface area contributed by atoms with Gasteiger partial charge in [0.05, 0.1) is 5.52 Å². The molecule has 2 rings (SSSR count). The summed E-state index contributed by atoms with van der Waals surface area (Å²) in [5, 5.41) is 9.71. The quantitative estimate of drug-likeness (QED) is 0.855. The third kappa shape index (κ3) is 2.11. The van der Waals surface area contributed by atoms with E-state index in [1.807, 2.05) is 18.2 Å². The van der Waals surface area contributed by atoms with Crippen molar-refractivity contribution in [3.8, 4) is 5.75 Å². The molecule has 16 heavy (non-hydrogen) atoms. The zero-order valence-electron chi connectivity index (χ0n) is 8.75. The highest BCUT2D eigenvalue weighted by molar-refractivity contribution is 5.80. The predicted molar refractivity (Wildman–Crippen MR) is 59.5 cm³/mol. The van der Waals surface area contributed by atoms with E-state index >= 15 is 0 Å².